The number of carbonyl (C=O) groups is 1. The number of hydrogen-bond donors (Lipinski definition) is 1. The van der Waals surface area contributed by atoms with Gasteiger partial charge in [-0.05, 0) is 11.8 Å². The minimum absolute atomic E-state index is 0.0625. The molecule has 1 saturated heterocycles. The zero-order valence-corrected chi connectivity index (χ0v) is 5.06. The molecule has 0 saturated carbocycles. The van der Waals surface area contributed by atoms with Gasteiger partial charge in [0.15, 0.2) is 0 Å². The molecule has 1 N–H and O–H groups in total. The molecule has 1 atom stereocenters. The van der Waals surface area contributed by atoms with Crippen molar-refractivity contribution in [2.24, 2.45) is 0 Å². The normalized spacial score (nSPS) is 30.9. The third-order valence-electron chi connectivity index (χ3n) is 1.08. The Bertz CT molecular complexity index is 98.0. The Hall–Kier alpha value is -0.120. The van der Waals surface area contributed by atoms with Crippen LogP contribution in [0.3, 0.4) is 0 Å². The number of hydrogen-bond acceptors (Lipinski definition) is 3. The molecule has 8 heavy (non-hydrogen) atoms. The fourth-order valence-corrected chi connectivity index (χ4v) is 0.868. The lowest BCUT2D eigenvalue weighted by atomic mass is 10.4. The summed E-state index contributed by atoms with van der Waals surface area (Å²) in [6, 6.07) is -0.0625. The average molecular weight is 135 g/mol. The maximum Gasteiger partial charge on any atom is 0.138 e. The summed E-state index contributed by atoms with van der Waals surface area (Å²) in [4.78, 5) is 10.0. The lowest BCUT2D eigenvalue weighted by Gasteiger charge is -1.96. The molecule has 4 heteroatoms. The number of nitrogens with one attached hydrogen (secondary N) is 1. The quantitative estimate of drug-likeness (QED) is 0.390. The molecule has 1 fully saturated rings. The van der Waals surface area contributed by atoms with E-state index >= 15 is 0 Å². The second kappa shape index (κ2) is 2.44. The molecule has 0 aliphatic carbocycles. The molecule has 0 aromatic carbocycles. The highest BCUT2D eigenvalue weighted by Gasteiger charge is 2.18. The maximum absolute atomic E-state index is 10.0. The maximum atomic E-state index is 10.0. The first kappa shape index (κ1) is 6.01. The molecule has 1 heterocycles. The van der Waals surface area contributed by atoms with Crippen molar-refractivity contribution in [3.8, 4) is 0 Å². The topological polar surface area (TPSA) is 32.3 Å². The van der Waals surface area contributed by atoms with Gasteiger partial charge in [0, 0.05) is 6.54 Å². The van der Waals surface area contributed by atoms with Gasteiger partial charge >= 0.3 is 0 Å². The van der Waals surface area contributed by atoms with Crippen LogP contribution in [-0.4, -0.2) is 30.0 Å². The Kier molecular flexibility index (Phi) is 1.83. The SMILES string of the molecule is O=CC1CN(Cl)CN1. The second-order valence-corrected chi connectivity index (χ2v) is 2.23. The molecule has 0 aromatic rings. The summed E-state index contributed by atoms with van der Waals surface area (Å²) in [6.07, 6.45) is 0.863. The first-order valence-electron chi connectivity index (χ1n) is 2.42. The van der Waals surface area contributed by atoms with E-state index in [4.69, 9.17) is 11.8 Å². The Morgan fingerprint density at radius 3 is 2.88 bits per heavy atom. The largest absolute Gasteiger partial charge is 0.302 e. The van der Waals surface area contributed by atoms with Crippen LogP contribution in [-0.2, 0) is 4.79 Å². The Morgan fingerprint density at radius 2 is 2.62 bits per heavy atom. The van der Waals surface area contributed by atoms with E-state index in [1.165, 1.54) is 0 Å². The van der Waals surface area contributed by atoms with Crippen molar-refractivity contribution >= 4 is 18.1 Å². The summed E-state index contributed by atoms with van der Waals surface area (Å²) in [5.74, 6) is 0. The smallest absolute Gasteiger partial charge is 0.138 e. The molecule has 1 unspecified atom stereocenters. The van der Waals surface area contributed by atoms with Crippen LogP contribution in [0.1, 0.15) is 0 Å². The van der Waals surface area contributed by atoms with E-state index in [0.29, 0.717) is 13.2 Å². The van der Waals surface area contributed by atoms with Gasteiger partial charge in [-0.15, -0.1) is 0 Å². The molecule has 0 bridgehead atoms. The van der Waals surface area contributed by atoms with Crippen molar-refractivity contribution in [2.45, 2.75) is 6.04 Å². The highest BCUT2D eigenvalue weighted by Crippen LogP contribution is 2.00. The van der Waals surface area contributed by atoms with Crippen molar-refractivity contribution in [3.05, 3.63) is 0 Å². The summed E-state index contributed by atoms with van der Waals surface area (Å²) in [6.45, 7) is 1.22. The number of rotatable bonds is 1. The summed E-state index contributed by atoms with van der Waals surface area (Å²) >= 11 is 5.50. The van der Waals surface area contributed by atoms with Gasteiger partial charge in [-0.3, -0.25) is 5.32 Å². The van der Waals surface area contributed by atoms with Crippen molar-refractivity contribution in [1.82, 2.24) is 9.74 Å². The van der Waals surface area contributed by atoms with E-state index < -0.39 is 0 Å². The van der Waals surface area contributed by atoms with Crippen LogP contribution < -0.4 is 5.32 Å². The first-order chi connectivity index (χ1) is 3.83. The van der Waals surface area contributed by atoms with Gasteiger partial charge in [0.2, 0.25) is 0 Å². The van der Waals surface area contributed by atoms with Crippen LogP contribution in [0.25, 0.3) is 0 Å². The summed E-state index contributed by atoms with van der Waals surface area (Å²) < 4.78 is 1.54. The minimum atomic E-state index is -0.0625. The summed E-state index contributed by atoms with van der Waals surface area (Å²) in [7, 11) is 0. The van der Waals surface area contributed by atoms with E-state index in [1.807, 2.05) is 0 Å². The lowest BCUT2D eigenvalue weighted by molar-refractivity contribution is -0.109. The van der Waals surface area contributed by atoms with Crippen LogP contribution >= 0.6 is 11.8 Å². The number of halogens is 1. The molecule has 0 aromatic heterocycles. The number of aldehydes is 1. The molecule has 0 radical (unpaired) electrons. The van der Waals surface area contributed by atoms with E-state index in [1.54, 1.807) is 4.42 Å². The first-order valence-corrected chi connectivity index (χ1v) is 2.76. The second-order valence-electron chi connectivity index (χ2n) is 1.75. The molecule has 1 aliphatic rings. The lowest BCUT2D eigenvalue weighted by Crippen LogP contribution is -2.24. The predicted molar refractivity (Wildman–Crippen MR) is 30.4 cm³/mol. The van der Waals surface area contributed by atoms with E-state index in [-0.39, 0.29) is 6.04 Å². The Labute approximate surface area is 52.7 Å². The molecule has 0 amide bonds. The van der Waals surface area contributed by atoms with Gasteiger partial charge in [-0.1, -0.05) is 0 Å². The molecule has 46 valence electrons. The van der Waals surface area contributed by atoms with Crippen LogP contribution in [0.5, 0.6) is 0 Å². The van der Waals surface area contributed by atoms with Crippen molar-refractivity contribution in [1.29, 1.82) is 0 Å². The van der Waals surface area contributed by atoms with Crippen LogP contribution in [0, 0.1) is 0 Å². The van der Waals surface area contributed by atoms with E-state index in [0.717, 1.165) is 6.29 Å². The van der Waals surface area contributed by atoms with Crippen molar-refractivity contribution < 1.29 is 4.79 Å². The molecular weight excluding hydrogens is 128 g/mol. The van der Waals surface area contributed by atoms with Crippen molar-refractivity contribution in [3.63, 3.8) is 0 Å². The fourth-order valence-electron chi connectivity index (χ4n) is 0.650. The van der Waals surface area contributed by atoms with Crippen LogP contribution in [0.4, 0.5) is 0 Å². The van der Waals surface area contributed by atoms with Crippen LogP contribution in [0.2, 0.25) is 0 Å². The van der Waals surface area contributed by atoms with Gasteiger partial charge in [-0.2, -0.15) is 0 Å². The van der Waals surface area contributed by atoms with Gasteiger partial charge in [0.1, 0.15) is 6.29 Å². The average Bonchev–Trinajstić information content (AvgIpc) is 2.14. The summed E-state index contributed by atoms with van der Waals surface area (Å²) in [5, 5.41) is 2.88. The van der Waals surface area contributed by atoms with Gasteiger partial charge in [0.25, 0.3) is 0 Å². The predicted octanol–water partition coefficient (Wildman–Crippen LogP) is -0.430. The molecule has 1 aliphatic heterocycles. The third-order valence-corrected chi connectivity index (χ3v) is 1.34. The van der Waals surface area contributed by atoms with Gasteiger partial charge in [0.05, 0.1) is 12.7 Å². The molecule has 1 rings (SSSR count). The monoisotopic (exact) mass is 134 g/mol. The Balaban J connectivity index is 2.32. The van der Waals surface area contributed by atoms with E-state index in [9.17, 15) is 4.79 Å². The number of nitrogens with zero attached hydrogens (tertiary/aromatic N) is 1. The standard InChI is InChI=1S/C4H7ClN2O/c5-7-1-4(2-8)6-3-7/h2,4,6H,1,3H2. The van der Waals surface area contributed by atoms with Gasteiger partial charge in [-0.25, -0.2) is 4.42 Å². The Morgan fingerprint density at radius 1 is 1.88 bits per heavy atom. The highest BCUT2D eigenvalue weighted by molar-refractivity contribution is 6.13. The zero-order chi connectivity index (χ0) is 5.98. The van der Waals surface area contributed by atoms with E-state index in [2.05, 4.69) is 5.32 Å². The van der Waals surface area contributed by atoms with Crippen LogP contribution in [0.15, 0.2) is 0 Å². The highest BCUT2D eigenvalue weighted by atomic mass is 35.5. The molecule has 0 spiro atoms. The fraction of sp³-hybridized carbons (Fsp3) is 0.750. The van der Waals surface area contributed by atoms with Crippen molar-refractivity contribution in [2.75, 3.05) is 13.2 Å². The molecular formula is C4H7ClN2O. The summed E-state index contributed by atoms with van der Waals surface area (Å²) in [5.41, 5.74) is 0. The minimum Gasteiger partial charge on any atom is -0.302 e. The van der Waals surface area contributed by atoms with Gasteiger partial charge < -0.3 is 4.79 Å². The third kappa shape index (κ3) is 1.18. The number of carbonyl (C=O) groups excluding carboxylic acids is 1. The molecule has 3 nitrogen and oxygen atoms in total. The zero-order valence-electron chi connectivity index (χ0n) is 4.30.